The maximum atomic E-state index is 2.45. The molecule has 0 saturated carbocycles. The van der Waals surface area contributed by atoms with Gasteiger partial charge in [0.2, 0.25) is 0 Å². The molecule has 8 rings (SSSR count). The van der Waals surface area contributed by atoms with Gasteiger partial charge in [0.15, 0.2) is 0 Å². The first-order valence-electron chi connectivity index (χ1n) is 17.6. The van der Waals surface area contributed by atoms with Gasteiger partial charge >= 0.3 is 0 Å². The number of hydrogen-bond donors (Lipinski definition) is 0. The summed E-state index contributed by atoms with van der Waals surface area (Å²) in [7, 11) is 2.23. The van der Waals surface area contributed by atoms with Crippen molar-refractivity contribution in [2.45, 2.75) is 46.1 Å². The first-order chi connectivity index (χ1) is 23.5. The second-order valence-electron chi connectivity index (χ2n) is 13.7. The van der Waals surface area contributed by atoms with E-state index in [0.29, 0.717) is 6.04 Å². The third kappa shape index (κ3) is 5.14. The van der Waals surface area contributed by atoms with E-state index in [1.54, 1.807) is 0 Å². The summed E-state index contributed by atoms with van der Waals surface area (Å²) in [6, 6.07) is 48.5. The van der Waals surface area contributed by atoms with Gasteiger partial charge in [-0.25, -0.2) is 0 Å². The number of hydrogen-bond acceptors (Lipinski definition) is 1. The summed E-state index contributed by atoms with van der Waals surface area (Å²) in [6.45, 7) is 7.84. The van der Waals surface area contributed by atoms with Crippen LogP contribution in [0.25, 0.3) is 71.3 Å². The van der Waals surface area contributed by atoms with Gasteiger partial charge in [0.05, 0.1) is 0 Å². The van der Waals surface area contributed by atoms with E-state index in [9.17, 15) is 0 Å². The highest BCUT2D eigenvalue weighted by Crippen LogP contribution is 2.46. The van der Waals surface area contributed by atoms with Crippen LogP contribution < -0.4 is 0 Å². The highest BCUT2D eigenvalue weighted by Gasteiger charge is 2.20. The summed E-state index contributed by atoms with van der Waals surface area (Å²) in [5, 5.41) is 7.78. The Balaban J connectivity index is 1.35. The lowest BCUT2D eigenvalue weighted by atomic mass is 9.83. The van der Waals surface area contributed by atoms with Crippen molar-refractivity contribution in [1.29, 1.82) is 0 Å². The van der Waals surface area contributed by atoms with Crippen LogP contribution in [0.15, 0.2) is 133 Å². The van der Waals surface area contributed by atoms with Crippen LogP contribution in [0.2, 0.25) is 0 Å². The zero-order valence-corrected chi connectivity index (χ0v) is 28.6. The van der Waals surface area contributed by atoms with Crippen LogP contribution in [-0.2, 0) is 6.42 Å². The molecule has 1 aliphatic rings. The van der Waals surface area contributed by atoms with E-state index in [0.717, 1.165) is 25.8 Å². The molecule has 0 amide bonds. The maximum absolute atomic E-state index is 2.45. The van der Waals surface area contributed by atoms with E-state index in [1.807, 2.05) is 0 Å². The molecule has 0 saturated heterocycles. The molecular formula is C47H43N. The third-order valence-electron chi connectivity index (χ3n) is 10.7. The van der Waals surface area contributed by atoms with Gasteiger partial charge in [0.1, 0.15) is 0 Å². The first kappa shape index (κ1) is 30.4. The van der Waals surface area contributed by atoms with Crippen molar-refractivity contribution in [3.8, 4) is 33.4 Å². The molecule has 48 heavy (non-hydrogen) atoms. The van der Waals surface area contributed by atoms with Crippen molar-refractivity contribution < 1.29 is 0 Å². The van der Waals surface area contributed by atoms with E-state index in [1.165, 1.54) is 88.0 Å². The van der Waals surface area contributed by atoms with Gasteiger partial charge in [-0.15, -0.1) is 0 Å². The summed E-state index contributed by atoms with van der Waals surface area (Å²) in [4.78, 5) is 2.45. The Hall–Kier alpha value is -4.98. The smallest absolute Gasteiger partial charge is 0.0236 e. The monoisotopic (exact) mass is 621 g/mol. The fraction of sp³-hybridized carbons (Fsp3) is 0.191. The number of fused-ring (bicyclic) bond motifs is 3. The molecule has 7 aromatic carbocycles. The normalized spacial score (nSPS) is 15.3. The van der Waals surface area contributed by atoms with E-state index in [-0.39, 0.29) is 0 Å². The summed E-state index contributed by atoms with van der Waals surface area (Å²) >= 11 is 0. The van der Waals surface area contributed by atoms with Gasteiger partial charge in [-0.05, 0) is 122 Å². The zero-order valence-electron chi connectivity index (χ0n) is 28.6. The summed E-state index contributed by atoms with van der Waals surface area (Å²) in [5.41, 5.74) is 13.4. The molecule has 1 heteroatoms. The molecule has 0 spiro atoms. The van der Waals surface area contributed by atoms with E-state index in [4.69, 9.17) is 0 Å². The minimum absolute atomic E-state index is 0.596. The molecule has 0 bridgehead atoms. The molecule has 0 aromatic heterocycles. The Bertz CT molecular complexity index is 2280. The largest absolute Gasteiger partial charge is 0.299 e. The van der Waals surface area contributed by atoms with Crippen molar-refractivity contribution >= 4 is 37.9 Å². The highest BCUT2D eigenvalue weighted by atomic mass is 15.1. The van der Waals surface area contributed by atoms with Crippen LogP contribution in [0.3, 0.4) is 0 Å². The van der Waals surface area contributed by atoms with E-state index < -0.39 is 0 Å². The van der Waals surface area contributed by atoms with Crippen molar-refractivity contribution in [3.63, 3.8) is 0 Å². The Morgan fingerprint density at radius 3 is 1.67 bits per heavy atom. The Morgan fingerprint density at radius 2 is 1.08 bits per heavy atom. The van der Waals surface area contributed by atoms with E-state index >= 15 is 0 Å². The molecular weight excluding hydrogens is 579 g/mol. The van der Waals surface area contributed by atoms with Crippen LogP contribution in [0.5, 0.6) is 0 Å². The fourth-order valence-corrected chi connectivity index (χ4v) is 8.11. The Kier molecular flexibility index (Phi) is 7.95. The lowest BCUT2D eigenvalue weighted by molar-refractivity contribution is 0.280. The molecule has 1 aliphatic heterocycles. The molecule has 7 aromatic rings. The van der Waals surface area contributed by atoms with E-state index in [2.05, 4.69) is 166 Å². The minimum atomic E-state index is 0.596. The van der Waals surface area contributed by atoms with Gasteiger partial charge in [-0.3, -0.25) is 4.90 Å². The first-order valence-corrected chi connectivity index (χ1v) is 17.6. The Labute approximate surface area is 285 Å². The summed E-state index contributed by atoms with van der Waals surface area (Å²) < 4.78 is 0. The van der Waals surface area contributed by atoms with Crippen molar-refractivity contribution in [2.75, 3.05) is 13.6 Å². The molecule has 0 aliphatic carbocycles. The number of benzene rings is 7. The van der Waals surface area contributed by atoms with Gasteiger partial charge < -0.3 is 0 Å². The van der Waals surface area contributed by atoms with Gasteiger partial charge in [0, 0.05) is 12.6 Å². The fourth-order valence-electron chi connectivity index (χ4n) is 8.11. The standard InChI is InChI=1S/C47H43N/c1-5-13-34-15-10-14-31(2)45(34)39-22-11-21-38-37(39)20-12-23-40(38)47-43-18-8-6-16-41(43)46(42-17-7-9-19-44(42)47)35-28-26-33(27-29-35)36-25-24-32(3)48(4)30-36/h6-12,14-23,25-29,32H,5,13,24,30H2,1-4H3. The average molecular weight is 622 g/mol. The van der Waals surface area contributed by atoms with Crippen LogP contribution >= 0.6 is 0 Å². The molecule has 236 valence electrons. The summed E-state index contributed by atoms with van der Waals surface area (Å²) in [5.74, 6) is 0. The number of nitrogens with zero attached hydrogens (tertiary/aromatic N) is 1. The molecule has 0 fully saturated rings. The number of aryl methyl sites for hydroxylation is 2. The van der Waals surface area contributed by atoms with Crippen LogP contribution in [-0.4, -0.2) is 24.5 Å². The van der Waals surface area contributed by atoms with Crippen molar-refractivity contribution in [3.05, 3.63) is 150 Å². The molecule has 1 unspecified atom stereocenters. The van der Waals surface area contributed by atoms with Gasteiger partial charge in [-0.2, -0.15) is 0 Å². The van der Waals surface area contributed by atoms with Crippen LogP contribution in [0, 0.1) is 6.92 Å². The average Bonchev–Trinajstić information content (AvgIpc) is 3.12. The molecule has 1 heterocycles. The molecule has 0 radical (unpaired) electrons. The Morgan fingerprint density at radius 1 is 0.562 bits per heavy atom. The van der Waals surface area contributed by atoms with Crippen LogP contribution in [0.1, 0.15) is 43.4 Å². The quantitative estimate of drug-likeness (QED) is 0.167. The predicted octanol–water partition coefficient (Wildman–Crippen LogP) is 12.5. The molecule has 0 N–H and O–H groups in total. The lowest BCUT2D eigenvalue weighted by Gasteiger charge is -2.29. The lowest BCUT2D eigenvalue weighted by Crippen LogP contribution is -2.33. The SMILES string of the molecule is CCCc1cccc(C)c1-c1cccc2c(-c3c4ccccc4c(-c4ccc(C5=CCC(C)N(C)C5)cc4)c4ccccc34)cccc12. The predicted molar refractivity (Wildman–Crippen MR) is 209 cm³/mol. The maximum Gasteiger partial charge on any atom is 0.0236 e. The summed E-state index contributed by atoms with van der Waals surface area (Å²) in [6.07, 6.45) is 5.75. The second-order valence-corrected chi connectivity index (χ2v) is 13.7. The minimum Gasteiger partial charge on any atom is -0.299 e. The number of rotatable bonds is 6. The number of likely N-dealkylation sites (N-methyl/N-ethyl adjacent to an activating group) is 1. The second kappa shape index (κ2) is 12.6. The van der Waals surface area contributed by atoms with Gasteiger partial charge in [0.25, 0.3) is 0 Å². The molecule has 1 nitrogen and oxygen atoms in total. The van der Waals surface area contributed by atoms with Crippen molar-refractivity contribution in [2.24, 2.45) is 0 Å². The highest BCUT2D eigenvalue weighted by molar-refractivity contribution is 6.24. The van der Waals surface area contributed by atoms with Crippen LogP contribution in [0.4, 0.5) is 0 Å². The zero-order chi connectivity index (χ0) is 32.8. The van der Waals surface area contributed by atoms with Gasteiger partial charge in [-0.1, -0.05) is 147 Å². The van der Waals surface area contributed by atoms with Crippen molar-refractivity contribution in [1.82, 2.24) is 4.90 Å². The topological polar surface area (TPSA) is 3.24 Å². The third-order valence-corrected chi connectivity index (χ3v) is 10.7. The molecule has 1 atom stereocenters.